The molecule has 0 spiro atoms. The first-order valence-corrected chi connectivity index (χ1v) is 8.40. The van der Waals surface area contributed by atoms with E-state index in [1.165, 1.54) is 35.9 Å². The van der Waals surface area contributed by atoms with Crippen LogP contribution in [0.15, 0.2) is 28.6 Å². The van der Waals surface area contributed by atoms with Crippen molar-refractivity contribution >= 4 is 45.6 Å². The van der Waals surface area contributed by atoms with Crippen molar-refractivity contribution in [3.05, 3.63) is 34.9 Å². The molecule has 1 saturated carbocycles. The van der Waals surface area contributed by atoms with E-state index in [9.17, 15) is 4.79 Å². The predicted octanol–water partition coefficient (Wildman–Crippen LogP) is 3.74. The van der Waals surface area contributed by atoms with Crippen LogP contribution in [-0.4, -0.2) is 27.8 Å². The number of carbonyl (C=O) groups excluding carboxylic acids is 1. The first kappa shape index (κ1) is 13.9. The molecule has 0 bridgehead atoms. The molecule has 1 aromatic carbocycles. The Kier molecular flexibility index (Phi) is 4.24. The third-order valence-corrected chi connectivity index (χ3v) is 5.04. The van der Waals surface area contributed by atoms with Gasteiger partial charge in [-0.25, -0.2) is 0 Å². The van der Waals surface area contributed by atoms with Crippen molar-refractivity contribution in [1.29, 1.82) is 0 Å². The van der Waals surface area contributed by atoms with Gasteiger partial charge < -0.3 is 5.32 Å². The number of aromatic nitrogens is 2. The minimum Gasteiger partial charge on any atom is -0.357 e. The number of nitrogens with one attached hydrogen (secondary N) is 1. The molecule has 104 valence electrons. The Hall–Kier alpha value is -1.11. The minimum absolute atomic E-state index is 0.0681. The maximum Gasteiger partial charge on any atom is 0.206 e. The summed E-state index contributed by atoms with van der Waals surface area (Å²) in [6, 6.07) is 7.50. The maximum atomic E-state index is 12.0. The van der Waals surface area contributed by atoms with Gasteiger partial charge in [-0.05, 0) is 37.1 Å². The zero-order valence-electron chi connectivity index (χ0n) is 10.5. The zero-order chi connectivity index (χ0) is 13.9. The van der Waals surface area contributed by atoms with Gasteiger partial charge in [-0.2, -0.15) is 0 Å². The number of nitrogens with zero attached hydrogens (tertiary/aromatic N) is 2. The number of Topliss-reactive ketones (excluding diaryl/α,β-unsaturated/α-hetero) is 1. The summed E-state index contributed by atoms with van der Waals surface area (Å²) < 4.78 is 0.815. The van der Waals surface area contributed by atoms with Crippen molar-refractivity contribution in [3.8, 4) is 0 Å². The Bertz CT molecular complexity index is 610. The minimum atomic E-state index is 0.0681. The largest absolute Gasteiger partial charge is 0.357 e. The molecule has 0 unspecified atom stereocenters. The number of ketones is 1. The van der Waals surface area contributed by atoms with Crippen molar-refractivity contribution < 1.29 is 4.79 Å². The number of carbonyl (C=O) groups is 1. The first-order valence-electron chi connectivity index (χ1n) is 6.22. The summed E-state index contributed by atoms with van der Waals surface area (Å²) in [7, 11) is 0. The van der Waals surface area contributed by atoms with Crippen LogP contribution in [0.4, 0.5) is 5.13 Å². The summed E-state index contributed by atoms with van der Waals surface area (Å²) in [4.78, 5) is 12.0. The molecule has 1 aromatic heterocycles. The highest BCUT2D eigenvalue weighted by molar-refractivity contribution is 8.01. The standard InChI is InChI=1S/C13H12ClN3OS2/c14-9-3-1-8(2-4-9)11(18)7-19-13-17-16-12(20-13)15-10-5-6-10/h1-4,10H,5-7H2,(H,15,16). The van der Waals surface area contributed by atoms with E-state index in [4.69, 9.17) is 11.6 Å². The van der Waals surface area contributed by atoms with Gasteiger partial charge in [-0.15, -0.1) is 10.2 Å². The molecule has 7 heteroatoms. The summed E-state index contributed by atoms with van der Waals surface area (Å²) in [5.41, 5.74) is 0.669. The molecule has 3 rings (SSSR count). The highest BCUT2D eigenvalue weighted by Gasteiger charge is 2.22. The Balaban J connectivity index is 1.54. The van der Waals surface area contributed by atoms with E-state index >= 15 is 0 Å². The fourth-order valence-electron chi connectivity index (χ4n) is 1.58. The molecule has 1 N–H and O–H groups in total. The van der Waals surface area contributed by atoms with Crippen LogP contribution in [0.3, 0.4) is 0 Å². The number of hydrogen-bond acceptors (Lipinski definition) is 6. The molecule has 0 atom stereocenters. The topological polar surface area (TPSA) is 54.9 Å². The molecular formula is C13H12ClN3OS2. The molecule has 2 aromatic rings. The monoisotopic (exact) mass is 325 g/mol. The molecule has 0 saturated heterocycles. The molecular weight excluding hydrogens is 314 g/mol. The van der Waals surface area contributed by atoms with Crippen LogP contribution in [-0.2, 0) is 0 Å². The smallest absolute Gasteiger partial charge is 0.206 e. The second kappa shape index (κ2) is 6.11. The van der Waals surface area contributed by atoms with E-state index in [0.29, 0.717) is 22.4 Å². The van der Waals surface area contributed by atoms with Crippen molar-refractivity contribution in [1.82, 2.24) is 10.2 Å². The number of thioether (sulfide) groups is 1. The van der Waals surface area contributed by atoms with E-state index in [2.05, 4.69) is 15.5 Å². The molecule has 20 heavy (non-hydrogen) atoms. The molecule has 4 nitrogen and oxygen atoms in total. The maximum absolute atomic E-state index is 12.0. The average molecular weight is 326 g/mol. The molecule has 0 aliphatic heterocycles. The third-order valence-electron chi connectivity index (χ3n) is 2.80. The van der Waals surface area contributed by atoms with Gasteiger partial charge in [0.2, 0.25) is 5.13 Å². The number of anilines is 1. The lowest BCUT2D eigenvalue weighted by molar-refractivity contribution is 0.102. The van der Waals surface area contributed by atoms with Gasteiger partial charge in [0.15, 0.2) is 10.1 Å². The van der Waals surface area contributed by atoms with E-state index < -0.39 is 0 Å². The third kappa shape index (κ3) is 3.71. The molecule has 1 aliphatic rings. The van der Waals surface area contributed by atoms with E-state index in [0.717, 1.165) is 9.47 Å². The van der Waals surface area contributed by atoms with Gasteiger partial charge in [0.25, 0.3) is 0 Å². The molecule has 0 radical (unpaired) electrons. The number of rotatable bonds is 6. The summed E-state index contributed by atoms with van der Waals surface area (Å²) >= 11 is 8.71. The van der Waals surface area contributed by atoms with Crippen molar-refractivity contribution in [2.24, 2.45) is 0 Å². The van der Waals surface area contributed by atoms with Crippen LogP contribution < -0.4 is 5.32 Å². The van der Waals surface area contributed by atoms with Crippen LogP contribution in [0.2, 0.25) is 5.02 Å². The lowest BCUT2D eigenvalue weighted by Crippen LogP contribution is -2.01. The lowest BCUT2D eigenvalue weighted by atomic mass is 10.1. The van der Waals surface area contributed by atoms with E-state index in [1.807, 2.05) is 0 Å². The Morgan fingerprint density at radius 2 is 2.10 bits per heavy atom. The van der Waals surface area contributed by atoms with Gasteiger partial charge in [0, 0.05) is 16.6 Å². The first-order chi connectivity index (χ1) is 9.70. The number of halogens is 1. The SMILES string of the molecule is O=C(CSc1nnc(NC2CC2)s1)c1ccc(Cl)cc1. The molecule has 0 amide bonds. The van der Waals surface area contributed by atoms with Gasteiger partial charge in [0.05, 0.1) is 5.75 Å². The Labute approximate surface area is 129 Å². The fourth-order valence-corrected chi connectivity index (χ4v) is 3.42. The van der Waals surface area contributed by atoms with Gasteiger partial charge >= 0.3 is 0 Å². The van der Waals surface area contributed by atoms with E-state index in [-0.39, 0.29) is 5.78 Å². The van der Waals surface area contributed by atoms with Gasteiger partial charge in [-0.3, -0.25) is 4.79 Å². The van der Waals surface area contributed by atoms with Crippen molar-refractivity contribution in [2.45, 2.75) is 23.2 Å². The zero-order valence-corrected chi connectivity index (χ0v) is 12.9. The summed E-state index contributed by atoms with van der Waals surface area (Å²) in [6.07, 6.45) is 2.41. The van der Waals surface area contributed by atoms with Gasteiger partial charge in [0.1, 0.15) is 0 Å². The summed E-state index contributed by atoms with van der Waals surface area (Å²) in [5.74, 6) is 0.429. The number of benzene rings is 1. The number of hydrogen-bond donors (Lipinski definition) is 1. The van der Waals surface area contributed by atoms with Gasteiger partial charge in [-0.1, -0.05) is 34.7 Å². The van der Waals surface area contributed by atoms with Crippen LogP contribution >= 0.6 is 34.7 Å². The lowest BCUT2D eigenvalue weighted by Gasteiger charge is -1.99. The van der Waals surface area contributed by atoms with Crippen LogP contribution in [0, 0.1) is 0 Å². The Morgan fingerprint density at radius 1 is 1.35 bits per heavy atom. The highest BCUT2D eigenvalue weighted by atomic mass is 35.5. The highest BCUT2D eigenvalue weighted by Crippen LogP contribution is 2.30. The summed E-state index contributed by atoms with van der Waals surface area (Å²) in [5, 5.41) is 12.9. The molecule has 1 aliphatic carbocycles. The second-order valence-corrected chi connectivity index (χ2v) is 7.15. The van der Waals surface area contributed by atoms with Crippen LogP contribution in [0.5, 0.6) is 0 Å². The van der Waals surface area contributed by atoms with Crippen LogP contribution in [0.25, 0.3) is 0 Å². The quantitative estimate of drug-likeness (QED) is 0.647. The van der Waals surface area contributed by atoms with Crippen molar-refractivity contribution in [2.75, 3.05) is 11.1 Å². The average Bonchev–Trinajstić information content (AvgIpc) is 3.14. The second-order valence-electron chi connectivity index (χ2n) is 4.51. The molecule has 1 heterocycles. The molecule has 1 fully saturated rings. The normalized spacial score (nSPS) is 14.2. The van der Waals surface area contributed by atoms with Crippen molar-refractivity contribution in [3.63, 3.8) is 0 Å². The fraction of sp³-hybridized carbons (Fsp3) is 0.308. The van der Waals surface area contributed by atoms with Crippen LogP contribution in [0.1, 0.15) is 23.2 Å². The van der Waals surface area contributed by atoms with E-state index in [1.54, 1.807) is 24.3 Å². The summed E-state index contributed by atoms with van der Waals surface area (Å²) in [6.45, 7) is 0. The predicted molar refractivity (Wildman–Crippen MR) is 83.1 cm³/mol. The Morgan fingerprint density at radius 3 is 2.80 bits per heavy atom.